The maximum absolute atomic E-state index is 11.6. The highest BCUT2D eigenvalue weighted by Gasteiger charge is 2.31. The normalized spacial score (nSPS) is 23.9. The van der Waals surface area contributed by atoms with E-state index in [9.17, 15) is 4.79 Å². The molecule has 14 heavy (non-hydrogen) atoms. The van der Waals surface area contributed by atoms with E-state index in [0.29, 0.717) is 6.54 Å². The van der Waals surface area contributed by atoms with Crippen molar-refractivity contribution in [1.82, 2.24) is 5.06 Å². The quantitative estimate of drug-likeness (QED) is 0.629. The Morgan fingerprint density at radius 3 is 2.50 bits per heavy atom. The molecule has 4 heteroatoms. The number of ether oxygens (including phenoxy) is 1. The van der Waals surface area contributed by atoms with Crippen LogP contribution < -0.4 is 0 Å². The van der Waals surface area contributed by atoms with Crippen molar-refractivity contribution < 1.29 is 14.4 Å². The molecule has 0 bridgehead atoms. The second-order valence-electron chi connectivity index (χ2n) is 4.59. The van der Waals surface area contributed by atoms with Crippen LogP contribution in [0.1, 0.15) is 27.2 Å². The summed E-state index contributed by atoms with van der Waals surface area (Å²) in [5.41, 5.74) is -0.391. The molecule has 0 N–H and O–H groups in total. The van der Waals surface area contributed by atoms with E-state index in [2.05, 4.69) is 0 Å². The molecule has 1 fully saturated rings. The second-order valence-corrected chi connectivity index (χ2v) is 4.59. The molecule has 0 aliphatic carbocycles. The van der Waals surface area contributed by atoms with Crippen LogP contribution in [0.2, 0.25) is 0 Å². The maximum atomic E-state index is 11.6. The van der Waals surface area contributed by atoms with Crippen molar-refractivity contribution in [3.63, 3.8) is 0 Å². The van der Waals surface area contributed by atoms with Crippen molar-refractivity contribution in [1.29, 1.82) is 0 Å². The SMILES string of the molecule is CON1CCC(C(=O)OC(C)(C)C)C1. The lowest BCUT2D eigenvalue weighted by molar-refractivity contribution is -0.162. The number of carbonyl (C=O) groups is 1. The molecule has 1 aliphatic heterocycles. The Kier molecular flexibility index (Phi) is 3.50. The van der Waals surface area contributed by atoms with E-state index in [1.54, 1.807) is 12.2 Å². The van der Waals surface area contributed by atoms with Gasteiger partial charge in [-0.2, -0.15) is 5.06 Å². The van der Waals surface area contributed by atoms with E-state index >= 15 is 0 Å². The Morgan fingerprint density at radius 2 is 2.07 bits per heavy atom. The molecule has 1 heterocycles. The summed E-state index contributed by atoms with van der Waals surface area (Å²) >= 11 is 0. The zero-order valence-electron chi connectivity index (χ0n) is 9.37. The molecule has 0 saturated carbocycles. The first-order chi connectivity index (χ1) is 6.42. The number of hydrogen-bond donors (Lipinski definition) is 0. The van der Waals surface area contributed by atoms with E-state index in [0.717, 1.165) is 13.0 Å². The van der Waals surface area contributed by atoms with E-state index in [1.807, 2.05) is 20.8 Å². The van der Waals surface area contributed by atoms with Gasteiger partial charge in [0.05, 0.1) is 13.0 Å². The standard InChI is InChI=1S/C10H19NO3/c1-10(2,3)14-9(12)8-5-6-11(7-8)13-4/h8H,5-7H2,1-4H3. The molecule has 82 valence electrons. The second kappa shape index (κ2) is 4.28. The third-order valence-corrected chi connectivity index (χ3v) is 2.15. The average Bonchev–Trinajstić information content (AvgIpc) is 2.48. The monoisotopic (exact) mass is 201 g/mol. The molecule has 0 spiro atoms. The molecule has 1 rings (SSSR count). The van der Waals surface area contributed by atoms with Crippen LogP contribution in [0, 0.1) is 5.92 Å². The molecule has 0 aromatic heterocycles. The predicted molar refractivity (Wildman–Crippen MR) is 52.5 cm³/mol. The third kappa shape index (κ3) is 3.27. The van der Waals surface area contributed by atoms with Gasteiger partial charge in [0.2, 0.25) is 0 Å². The van der Waals surface area contributed by atoms with Gasteiger partial charge in [-0.15, -0.1) is 0 Å². The van der Waals surface area contributed by atoms with Gasteiger partial charge in [-0.3, -0.25) is 4.79 Å². The summed E-state index contributed by atoms with van der Waals surface area (Å²) in [5.74, 6) is -0.147. The first kappa shape index (κ1) is 11.5. The fourth-order valence-electron chi connectivity index (χ4n) is 1.47. The Labute approximate surface area is 85.1 Å². The van der Waals surface area contributed by atoms with Crippen LogP contribution >= 0.6 is 0 Å². The van der Waals surface area contributed by atoms with Crippen molar-refractivity contribution in [2.75, 3.05) is 20.2 Å². The zero-order chi connectivity index (χ0) is 10.8. The molecule has 0 aromatic rings. The molecule has 1 aliphatic rings. The van der Waals surface area contributed by atoms with Crippen LogP contribution in [0.5, 0.6) is 0 Å². The van der Waals surface area contributed by atoms with E-state index in [4.69, 9.17) is 9.57 Å². The smallest absolute Gasteiger partial charge is 0.310 e. The Morgan fingerprint density at radius 1 is 1.43 bits per heavy atom. The summed E-state index contributed by atoms with van der Waals surface area (Å²) in [6.45, 7) is 7.10. The van der Waals surface area contributed by atoms with Crippen molar-refractivity contribution >= 4 is 5.97 Å². The van der Waals surface area contributed by atoms with Gasteiger partial charge in [-0.25, -0.2) is 0 Å². The number of esters is 1. The summed E-state index contributed by atoms with van der Waals surface area (Å²) in [5, 5.41) is 1.79. The molecule has 1 saturated heterocycles. The van der Waals surface area contributed by atoms with E-state index < -0.39 is 5.60 Å². The zero-order valence-corrected chi connectivity index (χ0v) is 9.37. The largest absolute Gasteiger partial charge is 0.460 e. The minimum Gasteiger partial charge on any atom is -0.460 e. The Hall–Kier alpha value is -0.610. The van der Waals surface area contributed by atoms with Gasteiger partial charge in [0.15, 0.2) is 0 Å². The lowest BCUT2D eigenvalue weighted by Gasteiger charge is -2.21. The Balaban J connectivity index is 2.40. The summed E-state index contributed by atoms with van der Waals surface area (Å²) in [6, 6.07) is 0. The molecule has 1 atom stereocenters. The maximum Gasteiger partial charge on any atom is 0.310 e. The van der Waals surface area contributed by atoms with Crippen LogP contribution in [-0.2, 0) is 14.4 Å². The van der Waals surface area contributed by atoms with Crippen molar-refractivity contribution in [3.8, 4) is 0 Å². The Bertz CT molecular complexity index is 210. The van der Waals surface area contributed by atoms with Crippen molar-refractivity contribution in [3.05, 3.63) is 0 Å². The highest BCUT2D eigenvalue weighted by molar-refractivity contribution is 5.73. The summed E-state index contributed by atoms with van der Waals surface area (Å²) in [7, 11) is 1.62. The highest BCUT2D eigenvalue weighted by Crippen LogP contribution is 2.20. The lowest BCUT2D eigenvalue weighted by Crippen LogP contribution is -2.30. The van der Waals surface area contributed by atoms with Gasteiger partial charge >= 0.3 is 5.97 Å². The molecule has 0 aromatic carbocycles. The molecule has 0 amide bonds. The molecule has 0 radical (unpaired) electrons. The number of hydroxylamine groups is 2. The topological polar surface area (TPSA) is 38.8 Å². The van der Waals surface area contributed by atoms with Crippen molar-refractivity contribution in [2.45, 2.75) is 32.8 Å². The first-order valence-electron chi connectivity index (χ1n) is 4.94. The van der Waals surface area contributed by atoms with E-state index in [-0.39, 0.29) is 11.9 Å². The fourth-order valence-corrected chi connectivity index (χ4v) is 1.47. The predicted octanol–water partition coefficient (Wildman–Crippen LogP) is 1.21. The minimum absolute atomic E-state index is 0.0332. The van der Waals surface area contributed by atoms with Crippen LogP contribution in [0.15, 0.2) is 0 Å². The van der Waals surface area contributed by atoms with Crippen LogP contribution in [0.4, 0.5) is 0 Å². The first-order valence-corrected chi connectivity index (χ1v) is 4.94. The van der Waals surface area contributed by atoms with Crippen LogP contribution in [0.25, 0.3) is 0 Å². The summed E-state index contributed by atoms with van der Waals surface area (Å²) in [6.07, 6.45) is 0.822. The minimum atomic E-state index is -0.391. The number of hydrogen-bond acceptors (Lipinski definition) is 4. The summed E-state index contributed by atoms with van der Waals surface area (Å²) in [4.78, 5) is 16.7. The fraction of sp³-hybridized carbons (Fsp3) is 0.900. The molecular formula is C10H19NO3. The van der Waals surface area contributed by atoms with Gasteiger partial charge in [-0.1, -0.05) is 0 Å². The molecule has 1 unspecified atom stereocenters. The van der Waals surface area contributed by atoms with Gasteiger partial charge in [0.25, 0.3) is 0 Å². The van der Waals surface area contributed by atoms with Gasteiger partial charge < -0.3 is 9.57 Å². The lowest BCUT2D eigenvalue weighted by atomic mass is 10.1. The third-order valence-electron chi connectivity index (χ3n) is 2.15. The van der Waals surface area contributed by atoms with Gasteiger partial charge in [0, 0.05) is 13.1 Å². The number of nitrogens with zero attached hydrogens (tertiary/aromatic N) is 1. The van der Waals surface area contributed by atoms with Crippen LogP contribution in [0.3, 0.4) is 0 Å². The van der Waals surface area contributed by atoms with Gasteiger partial charge in [0.1, 0.15) is 5.60 Å². The van der Waals surface area contributed by atoms with Crippen LogP contribution in [-0.4, -0.2) is 36.8 Å². The molecule has 4 nitrogen and oxygen atoms in total. The molecular weight excluding hydrogens is 182 g/mol. The highest BCUT2D eigenvalue weighted by atomic mass is 16.7. The van der Waals surface area contributed by atoms with E-state index in [1.165, 1.54) is 0 Å². The van der Waals surface area contributed by atoms with Gasteiger partial charge in [-0.05, 0) is 27.2 Å². The average molecular weight is 201 g/mol. The number of rotatable bonds is 2. The number of carbonyl (C=O) groups excluding carboxylic acids is 1. The summed E-state index contributed by atoms with van der Waals surface area (Å²) < 4.78 is 5.29. The van der Waals surface area contributed by atoms with Crippen molar-refractivity contribution in [2.24, 2.45) is 5.92 Å².